The Bertz CT molecular complexity index is 184. The number of aliphatic hydroxyl groups is 1. The van der Waals surface area contributed by atoms with Crippen molar-refractivity contribution in [2.75, 3.05) is 6.61 Å². The minimum atomic E-state index is 0.147. The first-order valence-electron chi connectivity index (χ1n) is 5.53. The fourth-order valence-corrected chi connectivity index (χ4v) is 2.29. The summed E-state index contributed by atoms with van der Waals surface area (Å²) in [5, 5.41) is 9.50. The van der Waals surface area contributed by atoms with Crippen molar-refractivity contribution in [3.05, 3.63) is 11.6 Å². The van der Waals surface area contributed by atoms with Gasteiger partial charge in [0.15, 0.2) is 0 Å². The summed E-state index contributed by atoms with van der Waals surface area (Å²) in [5.41, 5.74) is 1.57. The molecule has 0 amide bonds. The van der Waals surface area contributed by atoms with Crippen LogP contribution in [0.2, 0.25) is 0 Å². The van der Waals surface area contributed by atoms with Gasteiger partial charge in [-0.15, -0.1) is 0 Å². The van der Waals surface area contributed by atoms with Crippen molar-refractivity contribution >= 4 is 0 Å². The Labute approximate surface area is 81.9 Å². The molecule has 0 aromatic carbocycles. The smallest absolute Gasteiger partial charge is 0.0524 e. The molecule has 0 aliphatic heterocycles. The van der Waals surface area contributed by atoms with E-state index in [1.807, 2.05) is 0 Å². The molecule has 1 heteroatoms. The standard InChI is InChI=1S/C12H22O/c1-3-4-8-12(10-13)9-6-5-7-11(12)2/h7,13H,3-6,8-10H2,1-2H3/t12-/m1/s1. The van der Waals surface area contributed by atoms with Crippen LogP contribution in [0.1, 0.15) is 52.4 Å². The fourth-order valence-electron chi connectivity index (χ4n) is 2.29. The molecule has 1 aliphatic carbocycles. The van der Waals surface area contributed by atoms with Crippen molar-refractivity contribution in [1.29, 1.82) is 0 Å². The van der Waals surface area contributed by atoms with Crippen LogP contribution in [0.3, 0.4) is 0 Å². The first kappa shape index (κ1) is 10.8. The molecule has 1 nitrogen and oxygen atoms in total. The predicted octanol–water partition coefficient (Wildman–Crippen LogP) is 3.29. The first-order chi connectivity index (χ1) is 6.25. The van der Waals surface area contributed by atoms with Crippen molar-refractivity contribution in [3.63, 3.8) is 0 Å². The lowest BCUT2D eigenvalue weighted by molar-refractivity contribution is 0.128. The van der Waals surface area contributed by atoms with Crippen LogP contribution in [0, 0.1) is 5.41 Å². The zero-order chi connectivity index (χ0) is 9.73. The van der Waals surface area contributed by atoms with Gasteiger partial charge in [0.2, 0.25) is 0 Å². The van der Waals surface area contributed by atoms with Crippen LogP contribution in [0.15, 0.2) is 11.6 Å². The van der Waals surface area contributed by atoms with Crippen LogP contribution in [-0.2, 0) is 0 Å². The highest BCUT2D eigenvalue weighted by atomic mass is 16.3. The third-order valence-corrected chi connectivity index (χ3v) is 3.46. The van der Waals surface area contributed by atoms with Crippen LogP contribution < -0.4 is 0 Å². The van der Waals surface area contributed by atoms with Crippen LogP contribution >= 0.6 is 0 Å². The van der Waals surface area contributed by atoms with E-state index in [1.54, 1.807) is 0 Å². The van der Waals surface area contributed by atoms with Crippen LogP contribution in [0.4, 0.5) is 0 Å². The van der Waals surface area contributed by atoms with Gasteiger partial charge in [-0.3, -0.25) is 0 Å². The highest BCUT2D eigenvalue weighted by Crippen LogP contribution is 2.41. The van der Waals surface area contributed by atoms with Crippen molar-refractivity contribution in [2.45, 2.75) is 52.4 Å². The molecule has 0 saturated carbocycles. The molecule has 1 rings (SSSR count). The summed E-state index contributed by atoms with van der Waals surface area (Å²) in [7, 11) is 0. The molecule has 0 radical (unpaired) electrons. The van der Waals surface area contributed by atoms with Gasteiger partial charge in [0.25, 0.3) is 0 Å². The van der Waals surface area contributed by atoms with E-state index in [0.29, 0.717) is 6.61 Å². The third kappa shape index (κ3) is 2.34. The van der Waals surface area contributed by atoms with Crippen molar-refractivity contribution in [2.24, 2.45) is 5.41 Å². The summed E-state index contributed by atoms with van der Waals surface area (Å²) < 4.78 is 0. The van der Waals surface area contributed by atoms with Gasteiger partial charge in [-0.05, 0) is 32.6 Å². The Hall–Kier alpha value is -0.300. The molecule has 0 unspecified atom stereocenters. The Morgan fingerprint density at radius 1 is 1.54 bits per heavy atom. The lowest BCUT2D eigenvalue weighted by atomic mass is 9.70. The summed E-state index contributed by atoms with van der Waals surface area (Å²) in [6, 6.07) is 0. The van der Waals surface area contributed by atoms with Crippen molar-refractivity contribution < 1.29 is 5.11 Å². The molecule has 0 bridgehead atoms. The minimum absolute atomic E-state index is 0.147. The number of hydrogen-bond acceptors (Lipinski definition) is 1. The number of aliphatic hydroxyl groups excluding tert-OH is 1. The van der Waals surface area contributed by atoms with Gasteiger partial charge < -0.3 is 5.11 Å². The monoisotopic (exact) mass is 182 g/mol. The summed E-state index contributed by atoms with van der Waals surface area (Å²) in [6.45, 7) is 4.74. The Morgan fingerprint density at radius 3 is 2.85 bits per heavy atom. The average Bonchev–Trinajstić information content (AvgIpc) is 2.17. The molecule has 0 aromatic heterocycles. The molecule has 76 valence electrons. The van der Waals surface area contributed by atoms with E-state index in [1.165, 1.54) is 44.1 Å². The number of allylic oxidation sites excluding steroid dienone is 1. The first-order valence-corrected chi connectivity index (χ1v) is 5.53. The summed E-state index contributed by atoms with van der Waals surface area (Å²) in [6.07, 6.45) is 9.60. The van der Waals surface area contributed by atoms with Gasteiger partial charge in [0.05, 0.1) is 6.61 Å². The molecule has 0 fully saturated rings. The molecule has 1 aliphatic rings. The summed E-state index contributed by atoms with van der Waals surface area (Å²) >= 11 is 0. The van der Waals surface area contributed by atoms with Gasteiger partial charge in [0.1, 0.15) is 0 Å². The molecule has 1 N–H and O–H groups in total. The van der Waals surface area contributed by atoms with Crippen LogP contribution in [0.5, 0.6) is 0 Å². The van der Waals surface area contributed by atoms with Crippen LogP contribution in [-0.4, -0.2) is 11.7 Å². The van der Waals surface area contributed by atoms with Crippen molar-refractivity contribution in [3.8, 4) is 0 Å². The highest BCUT2D eigenvalue weighted by molar-refractivity contribution is 5.15. The largest absolute Gasteiger partial charge is 0.395 e. The number of rotatable bonds is 4. The van der Waals surface area contributed by atoms with Gasteiger partial charge in [-0.1, -0.05) is 31.4 Å². The maximum atomic E-state index is 9.50. The quantitative estimate of drug-likeness (QED) is 0.661. The van der Waals surface area contributed by atoms with E-state index in [0.717, 1.165) is 0 Å². The SMILES string of the molecule is CCCC[C@]1(CO)CCCC=C1C. The number of unbranched alkanes of at least 4 members (excludes halogenated alkanes) is 1. The van der Waals surface area contributed by atoms with Gasteiger partial charge in [-0.25, -0.2) is 0 Å². The second-order valence-corrected chi connectivity index (χ2v) is 4.32. The second-order valence-electron chi connectivity index (χ2n) is 4.32. The van der Waals surface area contributed by atoms with Gasteiger partial charge in [-0.2, -0.15) is 0 Å². The molecule has 1 atom stereocenters. The Kier molecular flexibility index (Phi) is 3.98. The molecule has 0 spiro atoms. The van der Waals surface area contributed by atoms with E-state index in [4.69, 9.17) is 0 Å². The molecular weight excluding hydrogens is 160 g/mol. The topological polar surface area (TPSA) is 20.2 Å². The third-order valence-electron chi connectivity index (χ3n) is 3.46. The lowest BCUT2D eigenvalue weighted by Crippen LogP contribution is -2.29. The Morgan fingerprint density at radius 2 is 2.31 bits per heavy atom. The van der Waals surface area contributed by atoms with E-state index < -0.39 is 0 Å². The van der Waals surface area contributed by atoms with Crippen molar-refractivity contribution in [1.82, 2.24) is 0 Å². The Balaban J connectivity index is 2.66. The molecule has 13 heavy (non-hydrogen) atoms. The average molecular weight is 182 g/mol. The summed E-state index contributed by atoms with van der Waals surface area (Å²) in [5.74, 6) is 0. The van der Waals surface area contributed by atoms with Crippen LogP contribution in [0.25, 0.3) is 0 Å². The predicted molar refractivity (Wildman–Crippen MR) is 56.7 cm³/mol. The number of hydrogen-bond donors (Lipinski definition) is 1. The maximum Gasteiger partial charge on any atom is 0.0524 e. The zero-order valence-corrected chi connectivity index (χ0v) is 8.97. The molecule has 0 aromatic rings. The molecule has 0 heterocycles. The fraction of sp³-hybridized carbons (Fsp3) is 0.833. The van der Waals surface area contributed by atoms with E-state index in [9.17, 15) is 5.11 Å². The molecular formula is C12H22O. The molecule has 0 saturated heterocycles. The summed E-state index contributed by atoms with van der Waals surface area (Å²) in [4.78, 5) is 0. The van der Waals surface area contributed by atoms with Gasteiger partial charge in [0, 0.05) is 5.41 Å². The lowest BCUT2D eigenvalue weighted by Gasteiger charge is -2.36. The second kappa shape index (κ2) is 4.80. The normalized spacial score (nSPS) is 28.7. The van der Waals surface area contributed by atoms with E-state index >= 15 is 0 Å². The van der Waals surface area contributed by atoms with Gasteiger partial charge >= 0.3 is 0 Å². The minimum Gasteiger partial charge on any atom is -0.395 e. The zero-order valence-electron chi connectivity index (χ0n) is 8.97. The maximum absolute atomic E-state index is 9.50. The van der Waals surface area contributed by atoms with E-state index in [2.05, 4.69) is 19.9 Å². The van der Waals surface area contributed by atoms with E-state index in [-0.39, 0.29) is 5.41 Å². The highest BCUT2D eigenvalue weighted by Gasteiger charge is 2.31.